The summed E-state index contributed by atoms with van der Waals surface area (Å²) in [6.07, 6.45) is -1.69. The van der Waals surface area contributed by atoms with Crippen LogP contribution >= 0.6 is 11.6 Å². The number of para-hydroxylation sites is 1. The lowest BCUT2D eigenvalue weighted by atomic mass is 10.3. The maximum Gasteiger partial charge on any atom is 0.416 e. The van der Waals surface area contributed by atoms with Gasteiger partial charge in [-0.15, -0.1) is 0 Å². The van der Waals surface area contributed by atoms with Crippen molar-refractivity contribution in [2.75, 3.05) is 32.8 Å². The van der Waals surface area contributed by atoms with Crippen LogP contribution in [0.3, 0.4) is 0 Å². The molecule has 3 saturated heterocycles. The molecule has 3 aliphatic heterocycles. The molecule has 5 rings (SSSR count). The zero-order valence-corrected chi connectivity index (χ0v) is 27.1. The van der Waals surface area contributed by atoms with Crippen LogP contribution in [0.1, 0.15) is 27.7 Å². The first-order chi connectivity index (χ1) is 22.4. The highest BCUT2D eigenvalue weighted by Crippen LogP contribution is 2.23. The summed E-state index contributed by atoms with van der Waals surface area (Å²) in [4.78, 5) is 71.3. The topological polar surface area (TPSA) is 184 Å². The van der Waals surface area contributed by atoms with E-state index in [-0.39, 0.29) is 18.0 Å². The summed E-state index contributed by atoms with van der Waals surface area (Å²) in [7, 11) is 0. The smallest absolute Gasteiger partial charge is 0.416 e. The minimum Gasteiger partial charge on any atom is -0.464 e. The van der Waals surface area contributed by atoms with Gasteiger partial charge >= 0.3 is 30.2 Å². The monoisotopic (exact) mass is 676 g/mol. The molecule has 15 nitrogen and oxygen atoms in total. The molecule has 4 amide bonds. The average Bonchev–Trinajstić information content (AvgIpc) is 3.90. The molecule has 3 aliphatic rings. The summed E-state index contributed by atoms with van der Waals surface area (Å²) < 4.78 is 24.6. The second-order valence-electron chi connectivity index (χ2n) is 10.3. The van der Waals surface area contributed by atoms with Gasteiger partial charge in [0.2, 0.25) is 5.91 Å². The summed E-state index contributed by atoms with van der Waals surface area (Å²) >= 11 is 5.68. The number of benzene rings is 2. The molecule has 254 valence electrons. The summed E-state index contributed by atoms with van der Waals surface area (Å²) in [6, 6.07) is 13.7. The van der Waals surface area contributed by atoms with Gasteiger partial charge in [0.25, 0.3) is 0 Å². The van der Waals surface area contributed by atoms with Crippen LogP contribution in [0.25, 0.3) is 0 Å². The van der Waals surface area contributed by atoms with E-state index in [4.69, 9.17) is 41.0 Å². The molecule has 3 fully saturated rings. The lowest BCUT2D eigenvalue weighted by Crippen LogP contribution is -2.26. The van der Waals surface area contributed by atoms with Crippen molar-refractivity contribution in [3.8, 4) is 11.5 Å². The Morgan fingerprint density at radius 3 is 1.66 bits per heavy atom. The second-order valence-corrected chi connectivity index (χ2v) is 10.8. The molecule has 0 saturated carbocycles. The Hall–Kier alpha value is -5.05. The Kier molecular flexibility index (Phi) is 13.2. The second kappa shape index (κ2) is 17.0. The highest BCUT2D eigenvalue weighted by atomic mass is 35.5. The highest BCUT2D eigenvalue weighted by molar-refractivity contribution is 6.30. The molecule has 3 atom stereocenters. The number of ether oxygens (including phenoxy) is 5. The number of rotatable bonds is 8. The Morgan fingerprint density at radius 2 is 1.17 bits per heavy atom. The molecular weight excluding hydrogens is 640 g/mol. The van der Waals surface area contributed by atoms with Gasteiger partial charge in [0.15, 0.2) is 12.1 Å². The van der Waals surface area contributed by atoms with Gasteiger partial charge in [-0.2, -0.15) is 0 Å². The number of hydrogen-bond donors (Lipinski definition) is 1. The molecule has 0 spiro atoms. The van der Waals surface area contributed by atoms with Crippen LogP contribution < -0.4 is 15.2 Å². The van der Waals surface area contributed by atoms with E-state index in [0.717, 1.165) is 0 Å². The van der Waals surface area contributed by atoms with E-state index in [1.807, 2.05) is 6.07 Å². The molecular formula is C31H37ClN4O11. The number of nitrogens with two attached hydrogens (primary N) is 1. The van der Waals surface area contributed by atoms with Gasteiger partial charge < -0.3 is 29.4 Å². The standard InChI is InChI=1S/C12H13NO4.C10H9ClN2O3.C9H15NO4/c1-2-16-11(14)10-8-13(10)12(15)17-9-6-4-3-5-7-9;11-6-1-3-7(4-2-6)16-10(15)13-5-8(13)9(12)14;1-4-13-9(12)10-5-7(10)8(11)14-6(2)3/h3-7,10H,2,8H2,1H3;1-4,8H,5H2,(H2,12,14);6-7H,4-5H2,1-3H3. The molecule has 2 aromatic rings. The Morgan fingerprint density at radius 1 is 0.702 bits per heavy atom. The quantitative estimate of drug-likeness (QED) is 0.246. The van der Waals surface area contributed by atoms with Crippen LogP contribution in [0.2, 0.25) is 5.02 Å². The van der Waals surface area contributed by atoms with Gasteiger partial charge in [0.05, 0.1) is 39.0 Å². The number of primary amides is 1. The Balaban J connectivity index is 0.000000193. The van der Waals surface area contributed by atoms with E-state index in [2.05, 4.69) is 0 Å². The van der Waals surface area contributed by atoms with Crippen LogP contribution in [0.15, 0.2) is 54.6 Å². The molecule has 3 unspecified atom stereocenters. The van der Waals surface area contributed by atoms with Crippen LogP contribution in [0.5, 0.6) is 11.5 Å². The summed E-state index contributed by atoms with van der Waals surface area (Å²) in [5, 5.41) is 0.557. The maximum atomic E-state index is 11.6. The number of hydrogen-bond acceptors (Lipinski definition) is 11. The number of esters is 2. The van der Waals surface area contributed by atoms with E-state index in [9.17, 15) is 28.8 Å². The van der Waals surface area contributed by atoms with E-state index in [1.54, 1.807) is 76.2 Å². The van der Waals surface area contributed by atoms with Crippen molar-refractivity contribution in [3.05, 3.63) is 59.6 Å². The third kappa shape index (κ3) is 11.7. The van der Waals surface area contributed by atoms with E-state index >= 15 is 0 Å². The molecule has 3 heterocycles. The Bertz CT molecular complexity index is 1420. The van der Waals surface area contributed by atoms with Crippen molar-refractivity contribution in [2.24, 2.45) is 5.73 Å². The maximum absolute atomic E-state index is 11.6. The van der Waals surface area contributed by atoms with Crippen molar-refractivity contribution >= 4 is 47.7 Å². The number of nitrogens with zero attached hydrogens (tertiary/aromatic N) is 3. The number of carbonyl (C=O) groups is 6. The summed E-state index contributed by atoms with van der Waals surface area (Å²) in [5.74, 6) is -0.407. The van der Waals surface area contributed by atoms with Crippen molar-refractivity contribution in [3.63, 3.8) is 0 Å². The third-order valence-corrected chi connectivity index (χ3v) is 6.54. The minimum atomic E-state index is -0.578. The molecule has 0 aliphatic carbocycles. The zero-order chi connectivity index (χ0) is 34.7. The van der Waals surface area contributed by atoms with Crippen molar-refractivity contribution in [2.45, 2.75) is 51.9 Å². The van der Waals surface area contributed by atoms with Crippen LogP contribution in [-0.4, -0.2) is 108 Å². The first-order valence-corrected chi connectivity index (χ1v) is 15.1. The van der Waals surface area contributed by atoms with Gasteiger partial charge in [-0.1, -0.05) is 29.8 Å². The normalized spacial score (nSPS) is 18.3. The van der Waals surface area contributed by atoms with Crippen molar-refractivity contribution < 1.29 is 52.5 Å². The zero-order valence-electron chi connectivity index (χ0n) is 26.3. The Labute approximate surface area is 276 Å². The number of carbonyl (C=O) groups excluding carboxylic acids is 6. The summed E-state index contributed by atoms with van der Waals surface area (Å²) in [6.45, 7) is 8.73. The molecule has 0 bridgehead atoms. The molecule has 0 radical (unpaired) electrons. The van der Waals surface area contributed by atoms with Crippen LogP contribution in [0.4, 0.5) is 14.4 Å². The van der Waals surface area contributed by atoms with Crippen LogP contribution in [-0.2, 0) is 28.6 Å². The molecule has 0 aromatic heterocycles. The lowest BCUT2D eigenvalue weighted by Gasteiger charge is -2.07. The van der Waals surface area contributed by atoms with Gasteiger partial charge in [0, 0.05) is 5.02 Å². The largest absolute Gasteiger partial charge is 0.464 e. The van der Waals surface area contributed by atoms with Gasteiger partial charge in [-0.25, -0.2) is 24.0 Å². The summed E-state index contributed by atoms with van der Waals surface area (Å²) in [5.41, 5.74) is 5.03. The van der Waals surface area contributed by atoms with Gasteiger partial charge in [-0.05, 0) is 64.1 Å². The number of amides is 4. The molecule has 2 N–H and O–H groups in total. The predicted octanol–water partition coefficient (Wildman–Crippen LogP) is 3.22. The fourth-order valence-corrected chi connectivity index (χ4v) is 3.86. The first-order valence-electron chi connectivity index (χ1n) is 14.7. The number of halogens is 1. The lowest BCUT2D eigenvalue weighted by molar-refractivity contribution is -0.147. The minimum absolute atomic E-state index is 0.146. The molecule has 47 heavy (non-hydrogen) atoms. The third-order valence-electron chi connectivity index (χ3n) is 6.29. The fourth-order valence-electron chi connectivity index (χ4n) is 3.74. The molecule has 16 heteroatoms. The van der Waals surface area contributed by atoms with Gasteiger partial charge in [0.1, 0.15) is 17.5 Å². The SMILES string of the molecule is CCOC(=O)C1CN1C(=O)Oc1ccccc1.CCOC(=O)N1CC1C(=O)OC(C)C.NC(=O)C1CN1C(=O)Oc1ccc(Cl)cc1. The van der Waals surface area contributed by atoms with E-state index in [1.165, 1.54) is 14.7 Å². The van der Waals surface area contributed by atoms with Crippen molar-refractivity contribution in [1.82, 2.24) is 14.7 Å². The highest BCUT2D eigenvalue weighted by Gasteiger charge is 2.47. The average molecular weight is 677 g/mol. The first kappa shape index (κ1) is 36.4. The van der Waals surface area contributed by atoms with Crippen LogP contribution in [0, 0.1) is 0 Å². The fraction of sp³-hybridized carbons (Fsp3) is 0.419. The van der Waals surface area contributed by atoms with Gasteiger partial charge in [-0.3, -0.25) is 19.5 Å². The van der Waals surface area contributed by atoms with E-state index < -0.39 is 42.3 Å². The van der Waals surface area contributed by atoms with Crippen molar-refractivity contribution in [1.29, 1.82) is 0 Å². The molecule has 2 aromatic carbocycles. The van der Waals surface area contributed by atoms with E-state index in [0.29, 0.717) is 49.4 Å². The predicted molar refractivity (Wildman–Crippen MR) is 166 cm³/mol.